The summed E-state index contributed by atoms with van der Waals surface area (Å²) in [6.45, 7) is 6.80. The summed E-state index contributed by atoms with van der Waals surface area (Å²) in [5.74, 6) is 2.04. The van der Waals surface area contributed by atoms with Crippen LogP contribution in [0.2, 0.25) is 5.02 Å². The molecule has 0 spiro atoms. The van der Waals surface area contributed by atoms with Crippen molar-refractivity contribution in [2.45, 2.75) is 32.3 Å². The van der Waals surface area contributed by atoms with Gasteiger partial charge in [-0.15, -0.1) is 0 Å². The van der Waals surface area contributed by atoms with E-state index < -0.39 is 0 Å². The van der Waals surface area contributed by atoms with E-state index in [1.54, 1.807) is 7.05 Å². The van der Waals surface area contributed by atoms with Gasteiger partial charge in [-0.2, -0.15) is 0 Å². The van der Waals surface area contributed by atoms with Crippen LogP contribution in [-0.4, -0.2) is 58.6 Å². The number of ether oxygens (including phenoxy) is 3. The van der Waals surface area contributed by atoms with Crippen LogP contribution >= 0.6 is 11.6 Å². The van der Waals surface area contributed by atoms with Gasteiger partial charge in [0.05, 0.1) is 24.8 Å². The second kappa shape index (κ2) is 12.8. The molecule has 2 atom stereocenters. The van der Waals surface area contributed by atoms with Gasteiger partial charge in [0.1, 0.15) is 11.9 Å². The van der Waals surface area contributed by atoms with Gasteiger partial charge >= 0.3 is 0 Å². The fourth-order valence-electron chi connectivity index (χ4n) is 2.77. The van der Waals surface area contributed by atoms with E-state index >= 15 is 0 Å². The monoisotopic (exact) mass is 397 g/mol. The highest BCUT2D eigenvalue weighted by Gasteiger charge is 2.15. The van der Waals surface area contributed by atoms with E-state index in [0.717, 1.165) is 58.2 Å². The molecule has 2 unspecified atom stereocenters. The molecule has 1 aliphatic rings. The predicted molar refractivity (Wildman–Crippen MR) is 110 cm³/mol. The zero-order valence-electron chi connectivity index (χ0n) is 16.4. The van der Waals surface area contributed by atoms with Gasteiger partial charge in [-0.05, 0) is 31.4 Å². The Balaban J connectivity index is 1.59. The number of aliphatic imine (C=N–C) groups is 1. The maximum Gasteiger partial charge on any atom is 0.191 e. The van der Waals surface area contributed by atoms with Gasteiger partial charge in [0.25, 0.3) is 0 Å². The molecule has 0 radical (unpaired) electrons. The van der Waals surface area contributed by atoms with Crippen LogP contribution in [0.1, 0.15) is 26.2 Å². The number of benzene rings is 1. The van der Waals surface area contributed by atoms with Crippen LogP contribution in [0.5, 0.6) is 5.75 Å². The molecule has 0 bridgehead atoms. The molecule has 1 fully saturated rings. The zero-order valence-corrected chi connectivity index (χ0v) is 17.1. The van der Waals surface area contributed by atoms with Crippen molar-refractivity contribution in [3.63, 3.8) is 0 Å². The lowest BCUT2D eigenvalue weighted by Crippen LogP contribution is -2.42. The number of rotatable bonds is 11. The maximum atomic E-state index is 6.17. The highest BCUT2D eigenvalue weighted by molar-refractivity contribution is 6.32. The lowest BCUT2D eigenvalue weighted by atomic mass is 10.1. The Hall–Kier alpha value is -1.50. The van der Waals surface area contributed by atoms with E-state index in [2.05, 4.69) is 22.5 Å². The first kappa shape index (κ1) is 21.8. The van der Waals surface area contributed by atoms with Crippen LogP contribution in [0.25, 0.3) is 0 Å². The SMILES string of the molecule is CCC(CNC(=NC)NCCCOCC1CCOC1)Oc1ccccc1Cl. The van der Waals surface area contributed by atoms with Crippen LogP contribution < -0.4 is 15.4 Å². The molecular weight excluding hydrogens is 366 g/mol. The summed E-state index contributed by atoms with van der Waals surface area (Å²) >= 11 is 6.17. The van der Waals surface area contributed by atoms with E-state index in [1.165, 1.54) is 0 Å². The molecule has 1 aromatic rings. The first-order chi connectivity index (χ1) is 13.2. The maximum absolute atomic E-state index is 6.17. The van der Waals surface area contributed by atoms with Crippen molar-refractivity contribution in [1.29, 1.82) is 0 Å². The zero-order chi connectivity index (χ0) is 19.3. The first-order valence-corrected chi connectivity index (χ1v) is 10.1. The van der Waals surface area contributed by atoms with Crippen LogP contribution in [0, 0.1) is 5.92 Å². The molecule has 0 aromatic heterocycles. The third-order valence-electron chi connectivity index (χ3n) is 4.44. The summed E-state index contributed by atoms with van der Waals surface area (Å²) < 4.78 is 17.0. The van der Waals surface area contributed by atoms with Crippen molar-refractivity contribution >= 4 is 17.6 Å². The average Bonchev–Trinajstić information content (AvgIpc) is 3.20. The molecule has 27 heavy (non-hydrogen) atoms. The molecule has 0 amide bonds. The molecule has 1 aliphatic heterocycles. The highest BCUT2D eigenvalue weighted by Crippen LogP contribution is 2.24. The predicted octanol–water partition coefficient (Wildman–Crippen LogP) is 3.11. The summed E-state index contributed by atoms with van der Waals surface area (Å²) in [7, 11) is 1.77. The van der Waals surface area contributed by atoms with Crippen LogP contribution in [0.4, 0.5) is 0 Å². The van der Waals surface area contributed by atoms with E-state index in [9.17, 15) is 0 Å². The molecule has 0 aliphatic carbocycles. The molecular formula is C20H32ClN3O3. The van der Waals surface area contributed by atoms with Crippen molar-refractivity contribution in [3.8, 4) is 5.75 Å². The van der Waals surface area contributed by atoms with Gasteiger partial charge in [0.15, 0.2) is 5.96 Å². The normalized spacial score (nSPS) is 18.3. The van der Waals surface area contributed by atoms with Gasteiger partial charge in [-0.25, -0.2) is 0 Å². The number of nitrogens with one attached hydrogen (secondary N) is 2. The van der Waals surface area contributed by atoms with Gasteiger partial charge in [-0.3, -0.25) is 4.99 Å². The van der Waals surface area contributed by atoms with Gasteiger partial charge < -0.3 is 24.8 Å². The number of halogens is 1. The number of hydrogen-bond acceptors (Lipinski definition) is 4. The van der Waals surface area contributed by atoms with E-state index in [1.807, 2.05) is 24.3 Å². The smallest absolute Gasteiger partial charge is 0.191 e. The summed E-state index contributed by atoms with van der Waals surface area (Å²) in [6, 6.07) is 7.53. The molecule has 152 valence electrons. The van der Waals surface area contributed by atoms with Crippen LogP contribution in [-0.2, 0) is 9.47 Å². The van der Waals surface area contributed by atoms with Crippen molar-refractivity contribution in [2.75, 3.05) is 46.6 Å². The summed E-state index contributed by atoms with van der Waals surface area (Å²) in [6.07, 6.45) is 2.93. The minimum Gasteiger partial charge on any atom is -0.487 e. The van der Waals surface area contributed by atoms with E-state index in [0.29, 0.717) is 23.2 Å². The lowest BCUT2D eigenvalue weighted by molar-refractivity contribution is 0.0888. The summed E-state index contributed by atoms with van der Waals surface area (Å²) in [5.41, 5.74) is 0. The standard InChI is InChI=1S/C20H32ClN3O3/c1-3-17(27-19-8-5-4-7-18(19)21)13-24-20(22-2)23-10-6-11-25-14-16-9-12-26-15-16/h4-5,7-8,16-17H,3,6,9-15H2,1-2H3,(H2,22,23,24). The van der Waals surface area contributed by atoms with Crippen LogP contribution in [0.3, 0.4) is 0 Å². The molecule has 0 saturated carbocycles. The first-order valence-electron chi connectivity index (χ1n) is 9.74. The third kappa shape index (κ3) is 8.37. The fourth-order valence-corrected chi connectivity index (χ4v) is 2.95. The highest BCUT2D eigenvalue weighted by atomic mass is 35.5. The van der Waals surface area contributed by atoms with Crippen LogP contribution in [0.15, 0.2) is 29.3 Å². The van der Waals surface area contributed by atoms with Gasteiger partial charge in [0.2, 0.25) is 0 Å². The number of hydrogen-bond donors (Lipinski definition) is 2. The Morgan fingerprint density at radius 2 is 2.22 bits per heavy atom. The molecule has 7 heteroatoms. The molecule has 1 saturated heterocycles. The molecule has 2 N–H and O–H groups in total. The van der Waals surface area contributed by atoms with Crippen molar-refractivity contribution in [3.05, 3.63) is 29.3 Å². The minimum absolute atomic E-state index is 0.0143. The second-order valence-corrected chi connectivity index (χ2v) is 7.02. The molecule has 2 rings (SSSR count). The number of guanidine groups is 1. The third-order valence-corrected chi connectivity index (χ3v) is 4.75. The van der Waals surface area contributed by atoms with Crippen molar-refractivity contribution in [1.82, 2.24) is 10.6 Å². The second-order valence-electron chi connectivity index (χ2n) is 6.62. The van der Waals surface area contributed by atoms with Crippen molar-refractivity contribution < 1.29 is 14.2 Å². The average molecular weight is 398 g/mol. The largest absolute Gasteiger partial charge is 0.487 e. The summed E-state index contributed by atoms with van der Waals surface area (Å²) in [5, 5.41) is 7.24. The van der Waals surface area contributed by atoms with Gasteiger partial charge in [-0.1, -0.05) is 30.7 Å². The van der Waals surface area contributed by atoms with E-state index in [4.69, 9.17) is 25.8 Å². The summed E-state index contributed by atoms with van der Waals surface area (Å²) in [4.78, 5) is 4.26. The Bertz CT molecular complexity index is 565. The fraction of sp³-hybridized carbons (Fsp3) is 0.650. The van der Waals surface area contributed by atoms with Gasteiger partial charge in [0, 0.05) is 32.7 Å². The Labute approximate surface area is 167 Å². The molecule has 1 aromatic carbocycles. The quantitative estimate of drug-likeness (QED) is 0.341. The topological polar surface area (TPSA) is 64.1 Å². The Morgan fingerprint density at radius 1 is 1.37 bits per heavy atom. The minimum atomic E-state index is 0.0143. The van der Waals surface area contributed by atoms with Crippen molar-refractivity contribution in [2.24, 2.45) is 10.9 Å². The Kier molecular flexibility index (Phi) is 10.3. The molecule has 6 nitrogen and oxygen atoms in total. The Morgan fingerprint density at radius 3 is 2.93 bits per heavy atom. The molecule has 1 heterocycles. The number of para-hydroxylation sites is 1. The lowest BCUT2D eigenvalue weighted by Gasteiger charge is -2.20. The number of nitrogens with zero attached hydrogens (tertiary/aromatic N) is 1. The van der Waals surface area contributed by atoms with E-state index in [-0.39, 0.29) is 6.10 Å².